The summed E-state index contributed by atoms with van der Waals surface area (Å²) >= 11 is 0. The number of hydrogen-bond donors (Lipinski definition) is 0. The Morgan fingerprint density at radius 3 is 2.68 bits per heavy atom. The summed E-state index contributed by atoms with van der Waals surface area (Å²) in [4.78, 5) is 5.95. The number of anilines is 1. The van der Waals surface area contributed by atoms with Crippen molar-refractivity contribution in [2.45, 2.75) is 76.9 Å². The van der Waals surface area contributed by atoms with Crippen LogP contribution in [0, 0.1) is 17.9 Å². The van der Waals surface area contributed by atoms with Crippen LogP contribution in [0.2, 0.25) is 0 Å². The summed E-state index contributed by atoms with van der Waals surface area (Å²) in [7, 11) is 0. The first-order valence-corrected chi connectivity index (χ1v) is 11.3. The molecule has 0 unspecified atom stereocenters. The molecule has 2 heterocycles. The summed E-state index contributed by atoms with van der Waals surface area (Å²) in [6.07, 6.45) is 13.2. The van der Waals surface area contributed by atoms with Crippen molar-refractivity contribution in [2.75, 3.05) is 11.4 Å². The van der Waals surface area contributed by atoms with Gasteiger partial charge in [-0.3, -0.25) is 0 Å². The maximum absolute atomic E-state index is 9.38. The second kappa shape index (κ2) is 8.27. The topological polar surface area (TPSA) is 40.6 Å². The second-order valence-electron chi connectivity index (χ2n) is 9.96. The van der Waals surface area contributed by atoms with Crippen LogP contribution in [0.5, 0.6) is 0 Å². The lowest BCUT2D eigenvalue weighted by Crippen LogP contribution is -2.44. The molecule has 4 rings (SSSR count). The predicted octanol–water partition coefficient (Wildman–Crippen LogP) is 6.56. The van der Waals surface area contributed by atoms with Gasteiger partial charge in [0, 0.05) is 24.2 Å². The third kappa shape index (κ3) is 4.40. The molecule has 0 saturated heterocycles. The lowest BCUT2D eigenvalue weighted by Gasteiger charge is -2.41. The van der Waals surface area contributed by atoms with Crippen LogP contribution in [-0.4, -0.2) is 17.7 Å². The minimum atomic E-state index is -0.250. The highest BCUT2D eigenvalue weighted by Gasteiger charge is 2.39. The first kappa shape index (κ1) is 21.3. The fourth-order valence-corrected chi connectivity index (χ4v) is 5.18. The van der Waals surface area contributed by atoms with Crippen molar-refractivity contribution in [2.24, 2.45) is 0 Å². The Hall–Kier alpha value is -2.98. The molecular formula is C27H31N3O. The third-order valence-corrected chi connectivity index (χ3v) is 6.67. The Morgan fingerprint density at radius 2 is 2.00 bits per heavy atom. The van der Waals surface area contributed by atoms with Gasteiger partial charge in [0.15, 0.2) is 0 Å². The smallest absolute Gasteiger partial charge is 0.265 e. The molecule has 1 aromatic carbocycles. The van der Waals surface area contributed by atoms with Crippen molar-refractivity contribution >= 4 is 11.8 Å². The first-order valence-electron chi connectivity index (χ1n) is 11.3. The molecule has 160 valence electrons. The molecule has 1 aromatic rings. The van der Waals surface area contributed by atoms with Gasteiger partial charge in [-0.2, -0.15) is 0 Å². The molecule has 0 N–H and O–H groups in total. The van der Waals surface area contributed by atoms with Crippen LogP contribution in [0.15, 0.2) is 47.4 Å². The Labute approximate surface area is 186 Å². The van der Waals surface area contributed by atoms with E-state index in [1.54, 1.807) is 0 Å². The van der Waals surface area contributed by atoms with Gasteiger partial charge in [-0.05, 0) is 100 Å². The maximum atomic E-state index is 9.38. The lowest BCUT2D eigenvalue weighted by molar-refractivity contribution is 0.00776. The van der Waals surface area contributed by atoms with Crippen LogP contribution in [0.4, 0.5) is 5.69 Å². The molecule has 4 heteroatoms. The van der Waals surface area contributed by atoms with E-state index >= 15 is 0 Å². The highest BCUT2D eigenvalue weighted by Crippen LogP contribution is 2.44. The largest absolute Gasteiger partial charge is 0.487 e. The normalized spacial score (nSPS) is 21.8. The van der Waals surface area contributed by atoms with Gasteiger partial charge in [-0.15, -0.1) is 0 Å². The number of benzene rings is 1. The Bertz CT molecular complexity index is 1020. The van der Waals surface area contributed by atoms with Crippen LogP contribution < -0.4 is 4.90 Å². The average molecular weight is 414 g/mol. The van der Waals surface area contributed by atoms with E-state index in [-0.39, 0.29) is 16.8 Å². The standard InChI is InChI=1S/C27H31N3O/c1-26(2,3)30-15-7-8-21-16-20(10-12-25(21)30)9-11-23-17-22(24(19-28)29-4)18-27(31-23)13-5-6-14-27/h9-12,16-17H,5-8,13-15,18H2,1-3H3/b11-9+,24-22-. The van der Waals surface area contributed by atoms with E-state index in [2.05, 4.69) is 60.9 Å². The monoisotopic (exact) mass is 413 g/mol. The van der Waals surface area contributed by atoms with Crippen molar-refractivity contribution in [3.05, 3.63) is 69.9 Å². The van der Waals surface area contributed by atoms with Crippen molar-refractivity contribution in [3.8, 4) is 6.07 Å². The van der Waals surface area contributed by atoms with E-state index in [1.807, 2.05) is 12.2 Å². The van der Waals surface area contributed by atoms with Crippen LogP contribution in [0.25, 0.3) is 10.9 Å². The molecule has 1 spiro atoms. The molecule has 0 bridgehead atoms. The Morgan fingerprint density at radius 1 is 1.23 bits per heavy atom. The van der Waals surface area contributed by atoms with Gasteiger partial charge in [0.25, 0.3) is 5.70 Å². The molecule has 0 amide bonds. The van der Waals surface area contributed by atoms with Crippen LogP contribution in [-0.2, 0) is 11.2 Å². The zero-order chi connectivity index (χ0) is 22.1. The fourth-order valence-electron chi connectivity index (χ4n) is 5.18. The predicted molar refractivity (Wildman–Crippen MR) is 125 cm³/mol. The summed E-state index contributed by atoms with van der Waals surface area (Å²) in [6.45, 7) is 15.3. The highest BCUT2D eigenvalue weighted by atomic mass is 16.5. The second-order valence-corrected chi connectivity index (χ2v) is 9.96. The first-order chi connectivity index (χ1) is 14.8. The minimum absolute atomic E-state index is 0.118. The zero-order valence-electron chi connectivity index (χ0n) is 18.9. The summed E-state index contributed by atoms with van der Waals surface area (Å²) in [6, 6.07) is 8.77. The molecule has 0 atom stereocenters. The van der Waals surface area contributed by atoms with E-state index in [0.717, 1.165) is 55.5 Å². The number of nitriles is 1. The number of nitrogens with zero attached hydrogens (tertiary/aromatic N) is 3. The van der Waals surface area contributed by atoms with E-state index in [1.165, 1.54) is 17.7 Å². The summed E-state index contributed by atoms with van der Waals surface area (Å²) in [5.74, 6) is 0.758. The molecule has 4 nitrogen and oxygen atoms in total. The van der Waals surface area contributed by atoms with E-state index in [4.69, 9.17) is 11.3 Å². The Kier molecular flexibility index (Phi) is 5.67. The number of ether oxygens (including phenoxy) is 1. The molecule has 1 fully saturated rings. The Balaban J connectivity index is 1.62. The minimum Gasteiger partial charge on any atom is -0.487 e. The fraction of sp³-hybridized carbons (Fsp3) is 0.481. The van der Waals surface area contributed by atoms with Gasteiger partial charge >= 0.3 is 0 Å². The van der Waals surface area contributed by atoms with Gasteiger partial charge in [-0.25, -0.2) is 10.1 Å². The molecular weight excluding hydrogens is 382 g/mol. The third-order valence-electron chi connectivity index (χ3n) is 6.67. The van der Waals surface area contributed by atoms with Crippen molar-refractivity contribution < 1.29 is 4.74 Å². The van der Waals surface area contributed by atoms with Gasteiger partial charge in [0.05, 0.1) is 12.6 Å². The van der Waals surface area contributed by atoms with E-state index < -0.39 is 0 Å². The van der Waals surface area contributed by atoms with Crippen LogP contribution in [0.3, 0.4) is 0 Å². The molecule has 0 aromatic heterocycles. The molecule has 2 aliphatic heterocycles. The van der Waals surface area contributed by atoms with E-state index in [0.29, 0.717) is 6.42 Å². The quantitative estimate of drug-likeness (QED) is 0.407. The number of aryl methyl sites for hydroxylation is 1. The highest BCUT2D eigenvalue weighted by molar-refractivity contribution is 5.64. The van der Waals surface area contributed by atoms with Crippen molar-refractivity contribution in [1.29, 1.82) is 5.26 Å². The average Bonchev–Trinajstić information content (AvgIpc) is 3.18. The maximum Gasteiger partial charge on any atom is 0.265 e. The van der Waals surface area contributed by atoms with Crippen molar-refractivity contribution in [1.82, 2.24) is 0 Å². The summed E-state index contributed by atoms with van der Waals surface area (Å²) < 4.78 is 6.42. The van der Waals surface area contributed by atoms with Crippen LogP contribution >= 0.6 is 0 Å². The van der Waals surface area contributed by atoms with Crippen molar-refractivity contribution in [3.63, 3.8) is 0 Å². The molecule has 0 radical (unpaired) electrons. The van der Waals surface area contributed by atoms with Gasteiger partial charge in [0.2, 0.25) is 0 Å². The molecule has 1 aliphatic carbocycles. The summed E-state index contributed by atoms with van der Waals surface area (Å²) in [5, 5.41) is 9.38. The van der Waals surface area contributed by atoms with Crippen LogP contribution in [0.1, 0.15) is 70.4 Å². The van der Waals surface area contributed by atoms with E-state index in [9.17, 15) is 5.26 Å². The molecule has 31 heavy (non-hydrogen) atoms. The summed E-state index contributed by atoms with van der Waals surface area (Å²) in [5.41, 5.74) is 4.77. The van der Waals surface area contributed by atoms with Gasteiger partial charge in [-0.1, -0.05) is 12.1 Å². The lowest BCUT2D eigenvalue weighted by atomic mass is 9.88. The SMILES string of the molecule is [C-]#[N+]/C(C#N)=C1C=C(/C=C/c2ccc3c(c2)CCCN3C(C)(C)C)OC2(CCCC2)C/1. The molecule has 3 aliphatic rings. The van der Waals surface area contributed by atoms with Gasteiger partial charge < -0.3 is 9.64 Å². The number of allylic oxidation sites excluding steroid dienone is 3. The zero-order valence-corrected chi connectivity index (χ0v) is 18.9. The molecule has 1 saturated carbocycles. The number of rotatable bonds is 2. The number of fused-ring (bicyclic) bond motifs is 1. The number of hydrogen-bond acceptors (Lipinski definition) is 3. The van der Waals surface area contributed by atoms with Gasteiger partial charge in [0.1, 0.15) is 11.4 Å².